The summed E-state index contributed by atoms with van der Waals surface area (Å²) in [4.78, 5) is 2.38. The van der Waals surface area contributed by atoms with E-state index in [4.69, 9.17) is 0 Å². The molecule has 0 aromatic rings. The monoisotopic (exact) mass is 294 g/mol. The van der Waals surface area contributed by atoms with Crippen LogP contribution in [0.1, 0.15) is 52.4 Å². The molecule has 1 aliphatic rings. The number of rotatable bonds is 8. The molecule has 1 heterocycles. The number of alkyl halides is 3. The van der Waals surface area contributed by atoms with E-state index in [-0.39, 0.29) is 12.5 Å². The maximum atomic E-state index is 12.2. The van der Waals surface area contributed by atoms with Gasteiger partial charge in [-0.1, -0.05) is 6.92 Å². The molecule has 0 spiro atoms. The molecule has 0 aromatic heterocycles. The molecule has 0 amide bonds. The Labute approximate surface area is 121 Å². The summed E-state index contributed by atoms with van der Waals surface area (Å²) in [5.41, 5.74) is 0. The molecular weight excluding hydrogens is 265 g/mol. The van der Waals surface area contributed by atoms with Crippen molar-refractivity contribution in [2.75, 3.05) is 26.2 Å². The summed E-state index contributed by atoms with van der Waals surface area (Å²) < 4.78 is 36.6. The third-order valence-corrected chi connectivity index (χ3v) is 4.11. The Balaban J connectivity index is 2.34. The fourth-order valence-electron chi connectivity index (χ4n) is 2.97. The molecule has 1 rings (SSSR count). The topological polar surface area (TPSA) is 15.3 Å². The van der Waals surface area contributed by atoms with Crippen LogP contribution < -0.4 is 5.32 Å². The van der Waals surface area contributed by atoms with Crippen LogP contribution in [-0.4, -0.2) is 43.3 Å². The lowest BCUT2D eigenvalue weighted by atomic mass is 9.97. The van der Waals surface area contributed by atoms with Gasteiger partial charge in [0.25, 0.3) is 0 Å². The molecule has 0 aromatic carbocycles. The number of hydrogen-bond acceptors (Lipinski definition) is 2. The summed E-state index contributed by atoms with van der Waals surface area (Å²) in [7, 11) is 0. The van der Waals surface area contributed by atoms with E-state index in [1.54, 1.807) is 0 Å². The zero-order valence-corrected chi connectivity index (χ0v) is 12.8. The van der Waals surface area contributed by atoms with Gasteiger partial charge in [0.1, 0.15) is 0 Å². The van der Waals surface area contributed by atoms with Gasteiger partial charge in [-0.15, -0.1) is 0 Å². The molecule has 5 heteroatoms. The van der Waals surface area contributed by atoms with Crippen LogP contribution in [0.15, 0.2) is 0 Å². The average molecular weight is 294 g/mol. The lowest BCUT2D eigenvalue weighted by molar-refractivity contribution is -0.136. The van der Waals surface area contributed by atoms with Crippen molar-refractivity contribution in [2.45, 2.75) is 64.6 Å². The van der Waals surface area contributed by atoms with Crippen molar-refractivity contribution in [1.29, 1.82) is 0 Å². The Morgan fingerprint density at radius 1 is 1.35 bits per heavy atom. The third kappa shape index (κ3) is 7.48. The molecule has 20 heavy (non-hydrogen) atoms. The lowest BCUT2D eigenvalue weighted by Crippen LogP contribution is -2.42. The van der Waals surface area contributed by atoms with Crippen molar-refractivity contribution >= 4 is 0 Å². The maximum absolute atomic E-state index is 12.2. The van der Waals surface area contributed by atoms with E-state index in [9.17, 15) is 13.2 Å². The van der Waals surface area contributed by atoms with Crippen LogP contribution in [0.4, 0.5) is 13.2 Å². The van der Waals surface area contributed by atoms with Gasteiger partial charge in [-0.3, -0.25) is 0 Å². The van der Waals surface area contributed by atoms with Crippen LogP contribution in [0, 0.1) is 5.92 Å². The summed E-state index contributed by atoms with van der Waals surface area (Å²) in [6, 6.07) is 0.249. The first kappa shape index (κ1) is 17.8. The van der Waals surface area contributed by atoms with Crippen LogP contribution in [0.25, 0.3) is 0 Å². The molecular formula is C15H29F3N2. The van der Waals surface area contributed by atoms with Crippen LogP contribution in [0.3, 0.4) is 0 Å². The Morgan fingerprint density at radius 2 is 2.10 bits per heavy atom. The van der Waals surface area contributed by atoms with Gasteiger partial charge < -0.3 is 10.2 Å². The first-order valence-electron chi connectivity index (χ1n) is 7.94. The van der Waals surface area contributed by atoms with E-state index >= 15 is 0 Å². The summed E-state index contributed by atoms with van der Waals surface area (Å²) in [6.45, 7) is 8.37. The van der Waals surface area contributed by atoms with Gasteiger partial charge in [0, 0.05) is 19.0 Å². The molecule has 0 radical (unpaired) electrons. The highest BCUT2D eigenvalue weighted by Crippen LogP contribution is 2.24. The van der Waals surface area contributed by atoms with E-state index < -0.39 is 12.6 Å². The molecule has 2 nitrogen and oxygen atoms in total. The van der Waals surface area contributed by atoms with E-state index in [1.807, 2.05) is 0 Å². The number of piperidine rings is 1. The summed E-state index contributed by atoms with van der Waals surface area (Å²) >= 11 is 0. The third-order valence-electron chi connectivity index (χ3n) is 4.11. The van der Waals surface area contributed by atoms with Crippen molar-refractivity contribution in [1.82, 2.24) is 10.2 Å². The van der Waals surface area contributed by atoms with Gasteiger partial charge in [0.2, 0.25) is 0 Å². The van der Waals surface area contributed by atoms with Gasteiger partial charge >= 0.3 is 6.18 Å². The number of hydrogen-bond donors (Lipinski definition) is 1. The van der Waals surface area contributed by atoms with Crippen molar-refractivity contribution in [3.05, 3.63) is 0 Å². The first-order valence-corrected chi connectivity index (χ1v) is 7.94. The smallest absolute Gasteiger partial charge is 0.316 e. The molecule has 0 aliphatic carbocycles. The van der Waals surface area contributed by atoms with Crippen LogP contribution in [0.2, 0.25) is 0 Å². The second kappa shape index (κ2) is 8.88. The molecule has 1 aliphatic heterocycles. The zero-order chi connectivity index (χ0) is 15.0. The molecule has 0 saturated carbocycles. The SMILES string of the molecule is CCCN(CC1CCCNC1)C(C)CCCC(F)(F)F. The molecule has 2 atom stereocenters. The minimum atomic E-state index is -4.01. The van der Waals surface area contributed by atoms with Crippen LogP contribution in [-0.2, 0) is 0 Å². The molecule has 1 N–H and O–H groups in total. The van der Waals surface area contributed by atoms with E-state index in [1.165, 1.54) is 12.8 Å². The zero-order valence-electron chi connectivity index (χ0n) is 12.8. The summed E-state index contributed by atoms with van der Waals surface area (Å²) in [5, 5.41) is 3.41. The van der Waals surface area contributed by atoms with Crippen LogP contribution >= 0.6 is 0 Å². The Bertz CT molecular complexity index is 250. The van der Waals surface area contributed by atoms with E-state index in [0.717, 1.165) is 32.6 Å². The predicted molar refractivity (Wildman–Crippen MR) is 76.8 cm³/mol. The van der Waals surface area contributed by atoms with Gasteiger partial charge in [0.15, 0.2) is 0 Å². The summed E-state index contributed by atoms with van der Waals surface area (Å²) in [5.74, 6) is 0.653. The highest BCUT2D eigenvalue weighted by molar-refractivity contribution is 4.76. The standard InChI is InChI=1S/C15H29F3N2/c1-3-10-20(12-14-7-5-9-19-11-14)13(2)6-4-8-15(16,17)18/h13-14,19H,3-12H2,1-2H3. The van der Waals surface area contributed by atoms with Gasteiger partial charge in [-0.25, -0.2) is 0 Å². The second-order valence-electron chi connectivity index (χ2n) is 6.06. The second-order valence-corrected chi connectivity index (χ2v) is 6.06. The fraction of sp³-hybridized carbons (Fsp3) is 1.00. The largest absolute Gasteiger partial charge is 0.389 e. The molecule has 2 unspecified atom stereocenters. The van der Waals surface area contributed by atoms with Crippen molar-refractivity contribution in [2.24, 2.45) is 5.92 Å². The van der Waals surface area contributed by atoms with Crippen molar-refractivity contribution in [3.8, 4) is 0 Å². The fourth-order valence-corrected chi connectivity index (χ4v) is 2.97. The molecule has 0 bridgehead atoms. The molecule has 120 valence electrons. The Hall–Kier alpha value is -0.290. The first-order chi connectivity index (χ1) is 9.42. The lowest BCUT2D eigenvalue weighted by Gasteiger charge is -2.34. The minimum absolute atomic E-state index is 0.244. The van der Waals surface area contributed by atoms with Gasteiger partial charge in [0.05, 0.1) is 0 Å². The molecule has 1 saturated heterocycles. The average Bonchev–Trinajstić information content (AvgIpc) is 2.38. The Morgan fingerprint density at radius 3 is 2.65 bits per heavy atom. The van der Waals surface area contributed by atoms with E-state index in [2.05, 4.69) is 24.1 Å². The van der Waals surface area contributed by atoms with E-state index in [0.29, 0.717) is 12.3 Å². The summed E-state index contributed by atoms with van der Waals surface area (Å²) in [6.07, 6.45) is -0.266. The normalized spacial score (nSPS) is 22.2. The predicted octanol–water partition coefficient (Wildman–Crippen LogP) is 3.82. The molecule has 1 fully saturated rings. The minimum Gasteiger partial charge on any atom is -0.316 e. The quantitative estimate of drug-likeness (QED) is 0.732. The highest BCUT2D eigenvalue weighted by Gasteiger charge is 2.27. The highest BCUT2D eigenvalue weighted by atomic mass is 19.4. The Kier molecular flexibility index (Phi) is 7.88. The van der Waals surface area contributed by atoms with Gasteiger partial charge in [-0.05, 0) is 64.6 Å². The number of nitrogens with one attached hydrogen (secondary N) is 1. The van der Waals surface area contributed by atoms with Gasteiger partial charge in [-0.2, -0.15) is 13.2 Å². The number of nitrogens with zero attached hydrogens (tertiary/aromatic N) is 1. The van der Waals surface area contributed by atoms with Crippen molar-refractivity contribution in [3.63, 3.8) is 0 Å². The van der Waals surface area contributed by atoms with Crippen LogP contribution in [0.5, 0.6) is 0 Å². The van der Waals surface area contributed by atoms with Crippen molar-refractivity contribution < 1.29 is 13.2 Å². The number of halogens is 3. The maximum Gasteiger partial charge on any atom is 0.389 e.